The topological polar surface area (TPSA) is 27.1 Å². The molecule has 0 amide bonds. The quantitative estimate of drug-likeness (QED) is 0.131. The molecule has 0 spiro atoms. The number of aryl methyl sites for hydroxylation is 1. The van der Waals surface area contributed by atoms with Gasteiger partial charge in [-0.1, -0.05) is 141 Å². The first kappa shape index (κ1) is 30.3. The van der Waals surface area contributed by atoms with Crippen LogP contribution in [0.2, 0.25) is 0 Å². The zero-order chi connectivity index (χ0) is 26.8. The molecule has 0 saturated heterocycles. The highest BCUT2D eigenvalue weighted by Crippen LogP contribution is 2.22. The maximum absolute atomic E-state index is 6.15. The van der Waals surface area contributed by atoms with E-state index < -0.39 is 0 Å². The van der Waals surface area contributed by atoms with Crippen molar-refractivity contribution in [3.05, 3.63) is 59.9 Å². The Morgan fingerprint density at radius 1 is 0.658 bits per heavy atom. The molecule has 0 radical (unpaired) electrons. The second-order valence-corrected chi connectivity index (χ2v) is 11.5. The Morgan fingerprint density at radius 2 is 1.18 bits per heavy atom. The molecule has 3 nitrogen and oxygen atoms in total. The highest BCUT2D eigenvalue weighted by atomic mass is 16.5. The minimum absolute atomic E-state index is 0.508. The van der Waals surface area contributed by atoms with E-state index in [-0.39, 0.29) is 0 Å². The summed E-state index contributed by atoms with van der Waals surface area (Å²) in [5.41, 5.74) is 3.63. The van der Waals surface area contributed by atoms with Crippen LogP contribution in [-0.4, -0.2) is 9.55 Å². The van der Waals surface area contributed by atoms with E-state index in [4.69, 9.17) is 9.72 Å². The van der Waals surface area contributed by atoms with Crippen molar-refractivity contribution < 1.29 is 4.74 Å². The molecule has 1 aromatic heterocycles. The predicted molar refractivity (Wildman–Crippen MR) is 164 cm³/mol. The minimum atomic E-state index is 0.508. The summed E-state index contributed by atoms with van der Waals surface area (Å²) in [4.78, 5) is 4.90. The van der Waals surface area contributed by atoms with Gasteiger partial charge >= 0.3 is 0 Å². The van der Waals surface area contributed by atoms with Crippen LogP contribution < -0.4 is 4.74 Å². The summed E-state index contributed by atoms with van der Waals surface area (Å²) < 4.78 is 8.52. The first-order valence-corrected chi connectivity index (χ1v) is 15.9. The summed E-state index contributed by atoms with van der Waals surface area (Å²) in [6.45, 7) is 8.26. The van der Waals surface area contributed by atoms with E-state index in [1.54, 1.807) is 0 Å². The molecule has 0 bridgehead atoms. The second kappa shape index (κ2) is 18.1. The zero-order valence-electron chi connectivity index (χ0n) is 24.7. The third kappa shape index (κ3) is 10.8. The van der Waals surface area contributed by atoms with Crippen molar-refractivity contribution in [3.63, 3.8) is 0 Å². The van der Waals surface area contributed by atoms with E-state index in [1.807, 2.05) is 0 Å². The number of fused-ring (bicyclic) bond motifs is 1. The summed E-state index contributed by atoms with van der Waals surface area (Å²) in [6.07, 6.45) is 22.4. The van der Waals surface area contributed by atoms with E-state index >= 15 is 0 Å². The summed E-state index contributed by atoms with van der Waals surface area (Å²) in [6, 6.07) is 17.0. The fraction of sp³-hybridized carbons (Fsp3) is 0.629. The van der Waals surface area contributed by atoms with E-state index in [2.05, 4.69) is 73.9 Å². The number of rotatable bonds is 21. The first-order valence-electron chi connectivity index (χ1n) is 15.9. The number of imidazole rings is 1. The molecular formula is C35H54N2O. The molecule has 38 heavy (non-hydrogen) atoms. The molecule has 2 aromatic carbocycles. The van der Waals surface area contributed by atoms with Crippen molar-refractivity contribution in [1.29, 1.82) is 0 Å². The monoisotopic (exact) mass is 518 g/mol. The molecular weight excluding hydrogens is 464 g/mol. The lowest BCUT2D eigenvalue weighted by molar-refractivity contribution is 0.289. The molecule has 0 aliphatic rings. The van der Waals surface area contributed by atoms with Gasteiger partial charge < -0.3 is 9.30 Å². The van der Waals surface area contributed by atoms with Crippen LogP contribution in [0.4, 0.5) is 0 Å². The Hall–Kier alpha value is -2.29. The molecule has 0 aliphatic heterocycles. The van der Waals surface area contributed by atoms with Crippen LogP contribution in [0.3, 0.4) is 0 Å². The number of hydrogen-bond acceptors (Lipinski definition) is 2. The van der Waals surface area contributed by atoms with Crippen LogP contribution >= 0.6 is 0 Å². The van der Waals surface area contributed by atoms with E-state index in [9.17, 15) is 0 Å². The van der Waals surface area contributed by atoms with E-state index in [0.29, 0.717) is 12.5 Å². The van der Waals surface area contributed by atoms with E-state index in [0.717, 1.165) is 23.6 Å². The van der Waals surface area contributed by atoms with Gasteiger partial charge in [-0.15, -0.1) is 0 Å². The van der Waals surface area contributed by atoms with Gasteiger partial charge in [0.05, 0.1) is 11.0 Å². The van der Waals surface area contributed by atoms with Gasteiger partial charge in [-0.3, -0.25) is 0 Å². The van der Waals surface area contributed by atoms with Gasteiger partial charge in [0, 0.05) is 6.54 Å². The second-order valence-electron chi connectivity index (χ2n) is 11.5. The number of aromatic nitrogens is 2. The summed E-state index contributed by atoms with van der Waals surface area (Å²) in [7, 11) is 0. The number of benzene rings is 2. The first-order chi connectivity index (χ1) is 18.7. The number of nitrogens with zero attached hydrogens (tertiary/aromatic N) is 2. The Balaban J connectivity index is 1.30. The number of hydrogen-bond donors (Lipinski definition) is 0. The molecule has 0 fully saturated rings. The molecule has 0 N–H and O–H groups in total. The Bertz CT molecular complexity index is 1000. The number of para-hydroxylation sites is 2. The molecule has 0 atom stereocenters. The van der Waals surface area contributed by atoms with Crippen LogP contribution in [0.25, 0.3) is 11.0 Å². The van der Waals surface area contributed by atoms with Crippen LogP contribution in [0.15, 0.2) is 48.5 Å². The average molecular weight is 519 g/mol. The van der Waals surface area contributed by atoms with Gasteiger partial charge in [-0.05, 0) is 42.2 Å². The lowest BCUT2D eigenvalue weighted by Crippen LogP contribution is -2.07. The Morgan fingerprint density at radius 3 is 1.74 bits per heavy atom. The van der Waals surface area contributed by atoms with E-state index in [1.165, 1.54) is 114 Å². The molecule has 0 aliphatic carbocycles. The minimum Gasteiger partial charge on any atom is -0.486 e. The normalized spacial score (nSPS) is 11.6. The SMILES string of the molecule is CCCCCCCCCCCCCCCCCCn1c(COc2ccc(C(C)C)cc2)nc2ccccc21. The maximum atomic E-state index is 6.15. The van der Waals surface area contributed by atoms with Crippen molar-refractivity contribution in [1.82, 2.24) is 9.55 Å². The van der Waals surface area contributed by atoms with Crippen molar-refractivity contribution in [2.24, 2.45) is 0 Å². The predicted octanol–water partition coefficient (Wildman–Crippen LogP) is 11.0. The summed E-state index contributed by atoms with van der Waals surface area (Å²) in [5.74, 6) is 2.48. The van der Waals surface area contributed by atoms with Crippen molar-refractivity contribution >= 4 is 11.0 Å². The summed E-state index contributed by atoms with van der Waals surface area (Å²) in [5, 5.41) is 0. The van der Waals surface area contributed by atoms with Crippen LogP contribution in [0.5, 0.6) is 5.75 Å². The average Bonchev–Trinajstić information content (AvgIpc) is 3.29. The molecule has 0 unspecified atom stereocenters. The highest BCUT2D eigenvalue weighted by molar-refractivity contribution is 5.75. The van der Waals surface area contributed by atoms with Crippen LogP contribution in [-0.2, 0) is 13.2 Å². The summed E-state index contributed by atoms with van der Waals surface area (Å²) >= 11 is 0. The fourth-order valence-corrected chi connectivity index (χ4v) is 5.40. The molecule has 1 heterocycles. The van der Waals surface area contributed by atoms with Gasteiger partial charge in [-0.2, -0.15) is 0 Å². The van der Waals surface area contributed by atoms with Gasteiger partial charge in [-0.25, -0.2) is 4.98 Å². The van der Waals surface area contributed by atoms with Gasteiger partial charge in [0.1, 0.15) is 18.2 Å². The number of unbranched alkanes of at least 4 members (excludes halogenated alkanes) is 15. The lowest BCUT2D eigenvalue weighted by atomic mass is 10.0. The number of ether oxygens (including phenoxy) is 1. The largest absolute Gasteiger partial charge is 0.486 e. The van der Waals surface area contributed by atoms with Crippen molar-refractivity contribution in [2.75, 3.05) is 0 Å². The van der Waals surface area contributed by atoms with Crippen LogP contribution in [0, 0.1) is 0 Å². The molecule has 210 valence electrons. The van der Waals surface area contributed by atoms with Gasteiger partial charge in [0.2, 0.25) is 0 Å². The third-order valence-corrected chi connectivity index (χ3v) is 7.88. The van der Waals surface area contributed by atoms with Crippen LogP contribution in [0.1, 0.15) is 141 Å². The zero-order valence-corrected chi connectivity index (χ0v) is 24.7. The van der Waals surface area contributed by atoms with Gasteiger partial charge in [0.15, 0.2) is 0 Å². The lowest BCUT2D eigenvalue weighted by Gasteiger charge is -2.11. The molecule has 3 rings (SSSR count). The van der Waals surface area contributed by atoms with Crippen molar-refractivity contribution in [2.45, 2.75) is 143 Å². The standard InChI is InChI=1S/C35H54N2O/c1-4-5-6-7-8-9-10-11-12-13-14-15-16-17-18-21-28-37-34-23-20-19-22-33(34)36-35(37)29-38-32-26-24-31(25-27-32)30(2)3/h19-20,22-27,30H,4-18,21,28-29H2,1-3H3. The Kier molecular flexibility index (Phi) is 14.4. The third-order valence-electron chi connectivity index (χ3n) is 7.88. The Labute approximate surface area is 233 Å². The van der Waals surface area contributed by atoms with Gasteiger partial charge in [0.25, 0.3) is 0 Å². The van der Waals surface area contributed by atoms with Crippen molar-refractivity contribution in [3.8, 4) is 5.75 Å². The highest BCUT2D eigenvalue weighted by Gasteiger charge is 2.11. The maximum Gasteiger partial charge on any atom is 0.147 e. The molecule has 3 aromatic rings. The smallest absolute Gasteiger partial charge is 0.147 e. The molecule has 0 saturated carbocycles. The molecule has 3 heteroatoms. The fourth-order valence-electron chi connectivity index (χ4n) is 5.40.